The molecular formula is C23H29NO5. The van der Waals surface area contributed by atoms with Gasteiger partial charge in [-0.2, -0.15) is 0 Å². The zero-order valence-corrected chi connectivity index (χ0v) is 16.9. The molecule has 4 aliphatic carbocycles. The summed E-state index contributed by atoms with van der Waals surface area (Å²) in [4.78, 5) is 37.2. The number of hydrogen-bond acceptors (Lipinski definition) is 5. The lowest BCUT2D eigenvalue weighted by Crippen LogP contribution is -2.58. The van der Waals surface area contributed by atoms with Crippen LogP contribution in [0.1, 0.15) is 51.0 Å². The average Bonchev–Trinajstić information content (AvgIpc) is 2.64. The van der Waals surface area contributed by atoms with Crippen molar-refractivity contribution in [3.63, 3.8) is 0 Å². The van der Waals surface area contributed by atoms with Crippen LogP contribution in [0.2, 0.25) is 0 Å². The average molecular weight is 399 g/mol. The molecule has 5 atom stereocenters. The van der Waals surface area contributed by atoms with Crippen LogP contribution in [0.3, 0.4) is 0 Å². The van der Waals surface area contributed by atoms with Crippen molar-refractivity contribution in [1.82, 2.24) is 5.32 Å². The minimum atomic E-state index is -0.749. The number of carbonyl (C=O) groups is 3. The molecule has 4 fully saturated rings. The molecule has 2 unspecified atom stereocenters. The summed E-state index contributed by atoms with van der Waals surface area (Å²) in [5.74, 6) is -0.247. The molecule has 0 saturated heterocycles. The number of amides is 1. The molecule has 0 aliphatic heterocycles. The molecule has 2 N–H and O–H groups in total. The zero-order chi connectivity index (χ0) is 20.6. The van der Waals surface area contributed by atoms with Crippen LogP contribution in [0.15, 0.2) is 30.3 Å². The lowest BCUT2D eigenvalue weighted by atomic mass is 9.48. The smallest absolute Gasteiger partial charge is 0.312 e. The summed E-state index contributed by atoms with van der Waals surface area (Å²) in [6, 6.07) is 8.82. The lowest BCUT2D eigenvalue weighted by molar-refractivity contribution is -0.196. The van der Waals surface area contributed by atoms with Crippen LogP contribution in [0.4, 0.5) is 0 Å². The van der Waals surface area contributed by atoms with E-state index in [9.17, 15) is 19.5 Å². The summed E-state index contributed by atoms with van der Waals surface area (Å²) in [6.45, 7) is 1.04. The van der Waals surface area contributed by atoms with E-state index in [0.717, 1.165) is 37.7 Å². The van der Waals surface area contributed by atoms with Gasteiger partial charge >= 0.3 is 5.97 Å². The molecule has 29 heavy (non-hydrogen) atoms. The van der Waals surface area contributed by atoms with Crippen molar-refractivity contribution >= 4 is 17.7 Å². The van der Waals surface area contributed by atoms with E-state index in [4.69, 9.17) is 4.74 Å². The van der Waals surface area contributed by atoms with Gasteiger partial charge in [0.1, 0.15) is 0 Å². The van der Waals surface area contributed by atoms with Gasteiger partial charge in [0.05, 0.1) is 17.1 Å². The van der Waals surface area contributed by atoms with Crippen molar-refractivity contribution in [3.8, 4) is 0 Å². The van der Waals surface area contributed by atoms with Gasteiger partial charge in [-0.25, -0.2) is 0 Å². The lowest BCUT2D eigenvalue weighted by Gasteiger charge is -2.58. The number of esters is 1. The van der Waals surface area contributed by atoms with E-state index in [-0.39, 0.29) is 11.8 Å². The van der Waals surface area contributed by atoms with Gasteiger partial charge in [-0.3, -0.25) is 14.4 Å². The SMILES string of the molecule is CC(=O)[C@H](Cc1ccccc1)NC(=O)COC(=O)C12C[C@@H]3C[C@@H](CC(O)(C3)C1)C2. The zero-order valence-electron chi connectivity index (χ0n) is 16.9. The molecular weight excluding hydrogens is 370 g/mol. The Morgan fingerprint density at radius 2 is 1.79 bits per heavy atom. The van der Waals surface area contributed by atoms with Gasteiger partial charge in [0.2, 0.25) is 0 Å². The molecule has 1 aromatic carbocycles. The number of benzene rings is 1. The highest BCUT2D eigenvalue weighted by molar-refractivity contribution is 5.89. The van der Waals surface area contributed by atoms with Crippen LogP contribution in [0, 0.1) is 17.3 Å². The van der Waals surface area contributed by atoms with Crippen molar-refractivity contribution in [2.45, 2.75) is 63.5 Å². The fourth-order valence-corrected chi connectivity index (χ4v) is 6.12. The molecule has 1 amide bonds. The number of rotatable bonds is 7. The second kappa shape index (κ2) is 7.56. The molecule has 0 radical (unpaired) electrons. The van der Waals surface area contributed by atoms with E-state index in [2.05, 4.69) is 5.32 Å². The van der Waals surface area contributed by atoms with Gasteiger partial charge in [-0.05, 0) is 69.3 Å². The largest absolute Gasteiger partial charge is 0.455 e. The Labute approximate surface area is 171 Å². The summed E-state index contributed by atoms with van der Waals surface area (Å²) in [7, 11) is 0. The maximum Gasteiger partial charge on any atom is 0.312 e. The van der Waals surface area contributed by atoms with Crippen LogP contribution in [0.5, 0.6) is 0 Å². The van der Waals surface area contributed by atoms with Crippen LogP contribution in [0.25, 0.3) is 0 Å². The summed E-state index contributed by atoms with van der Waals surface area (Å²) < 4.78 is 5.39. The van der Waals surface area contributed by atoms with E-state index in [1.165, 1.54) is 6.92 Å². The fraction of sp³-hybridized carbons (Fsp3) is 0.609. The number of nitrogens with one attached hydrogen (secondary N) is 1. The first-order chi connectivity index (χ1) is 13.8. The molecule has 0 aromatic heterocycles. The number of ether oxygens (including phenoxy) is 1. The number of hydrogen-bond donors (Lipinski definition) is 2. The van der Waals surface area contributed by atoms with Crippen LogP contribution < -0.4 is 5.32 Å². The number of Topliss-reactive ketones (excluding diaryl/α,β-unsaturated/α-hetero) is 1. The Morgan fingerprint density at radius 3 is 2.38 bits per heavy atom. The molecule has 5 rings (SSSR count). The van der Waals surface area contributed by atoms with E-state index in [0.29, 0.717) is 24.7 Å². The Bertz CT molecular complexity index is 791. The van der Waals surface area contributed by atoms with E-state index >= 15 is 0 Å². The number of aliphatic hydroxyl groups is 1. The predicted molar refractivity (Wildman–Crippen MR) is 106 cm³/mol. The maximum absolute atomic E-state index is 12.9. The van der Waals surface area contributed by atoms with Crippen molar-refractivity contribution < 1.29 is 24.2 Å². The number of ketones is 1. The Balaban J connectivity index is 1.33. The Morgan fingerprint density at radius 1 is 1.14 bits per heavy atom. The number of carbonyl (C=O) groups excluding carboxylic acids is 3. The highest BCUT2D eigenvalue weighted by atomic mass is 16.5. The predicted octanol–water partition coefficient (Wildman–Crippen LogP) is 2.18. The quantitative estimate of drug-likeness (QED) is 0.686. The third-order valence-electron chi connectivity index (χ3n) is 6.91. The fourth-order valence-electron chi connectivity index (χ4n) is 6.12. The van der Waals surface area contributed by atoms with Crippen LogP contribution in [-0.4, -0.2) is 41.0 Å². The van der Waals surface area contributed by atoms with Gasteiger partial charge in [0.25, 0.3) is 5.91 Å². The molecule has 4 saturated carbocycles. The van der Waals surface area contributed by atoms with Crippen LogP contribution in [-0.2, 0) is 25.5 Å². The second-order valence-electron chi connectivity index (χ2n) is 9.46. The van der Waals surface area contributed by atoms with Gasteiger partial charge in [0.15, 0.2) is 12.4 Å². The first-order valence-electron chi connectivity index (χ1n) is 10.5. The molecule has 4 bridgehead atoms. The highest BCUT2D eigenvalue weighted by Gasteiger charge is 2.60. The first-order valence-corrected chi connectivity index (χ1v) is 10.5. The van der Waals surface area contributed by atoms with Gasteiger partial charge in [-0.15, -0.1) is 0 Å². The molecule has 6 heteroatoms. The summed E-state index contributed by atoms with van der Waals surface area (Å²) >= 11 is 0. The molecule has 156 valence electrons. The highest BCUT2D eigenvalue weighted by Crippen LogP contribution is 2.61. The third kappa shape index (κ3) is 4.22. The summed E-state index contributed by atoms with van der Waals surface area (Å²) in [5, 5.41) is 13.5. The van der Waals surface area contributed by atoms with Crippen molar-refractivity contribution in [3.05, 3.63) is 35.9 Å². The standard InChI is InChI=1S/C23H29NO5/c1-15(25)19(8-16-5-3-2-4-6-16)24-20(26)13-29-21(27)22-9-17-7-18(10-22)12-23(28,11-17)14-22/h2-6,17-19,28H,7-14H2,1H3,(H,24,26)/t17-,18+,19-,22?,23?/m0/s1. The van der Waals surface area contributed by atoms with Gasteiger partial charge in [-0.1, -0.05) is 30.3 Å². The molecule has 0 heterocycles. The Kier molecular flexibility index (Phi) is 5.23. The normalized spacial score (nSPS) is 33.2. The molecule has 1 aromatic rings. The topological polar surface area (TPSA) is 92.7 Å². The van der Waals surface area contributed by atoms with E-state index in [1.807, 2.05) is 30.3 Å². The Hall–Kier alpha value is -2.21. The molecule has 4 aliphatic rings. The van der Waals surface area contributed by atoms with Crippen molar-refractivity contribution in [1.29, 1.82) is 0 Å². The maximum atomic E-state index is 12.9. The minimum absolute atomic E-state index is 0.142. The monoisotopic (exact) mass is 399 g/mol. The van der Waals surface area contributed by atoms with E-state index < -0.39 is 29.6 Å². The molecule has 0 spiro atoms. The van der Waals surface area contributed by atoms with Gasteiger partial charge in [0, 0.05) is 0 Å². The summed E-state index contributed by atoms with van der Waals surface area (Å²) in [6.07, 6.45) is 4.97. The van der Waals surface area contributed by atoms with E-state index in [1.54, 1.807) is 0 Å². The molecule has 6 nitrogen and oxygen atoms in total. The first kappa shape index (κ1) is 20.1. The van der Waals surface area contributed by atoms with Crippen molar-refractivity contribution in [2.24, 2.45) is 17.3 Å². The van der Waals surface area contributed by atoms with Crippen LogP contribution >= 0.6 is 0 Å². The van der Waals surface area contributed by atoms with Gasteiger partial charge < -0.3 is 15.2 Å². The minimum Gasteiger partial charge on any atom is -0.455 e. The second-order valence-corrected chi connectivity index (χ2v) is 9.46. The third-order valence-corrected chi connectivity index (χ3v) is 6.91. The van der Waals surface area contributed by atoms with Crippen molar-refractivity contribution in [2.75, 3.05) is 6.61 Å². The summed E-state index contributed by atoms with van der Waals surface area (Å²) in [5.41, 5.74) is -0.448.